The standard InChI is InChI=1S/C20H25NO2/c1-13(12-19(22)23)6-5-7-15(3)18-11-10-17-14(2)8-9-16(4)20(17)21-18/h5-7,10-12,14,16H,8-9H2,1-4H3,(H,22,23)/p-1/b6-5+,13-12+,15-7+. The second kappa shape index (κ2) is 7.40. The lowest BCUT2D eigenvalue weighted by atomic mass is 9.81. The van der Waals surface area contributed by atoms with Crippen molar-refractivity contribution in [2.45, 2.75) is 52.4 Å². The first kappa shape index (κ1) is 17.2. The van der Waals surface area contributed by atoms with E-state index in [9.17, 15) is 9.90 Å². The fourth-order valence-electron chi connectivity index (χ4n) is 2.97. The van der Waals surface area contributed by atoms with Gasteiger partial charge in [-0.25, -0.2) is 0 Å². The Balaban J connectivity index is 2.22. The van der Waals surface area contributed by atoms with Crippen molar-refractivity contribution < 1.29 is 9.90 Å². The van der Waals surface area contributed by atoms with E-state index < -0.39 is 5.97 Å². The minimum atomic E-state index is -1.17. The van der Waals surface area contributed by atoms with Gasteiger partial charge in [0, 0.05) is 5.69 Å². The molecule has 2 rings (SSSR count). The van der Waals surface area contributed by atoms with E-state index in [1.165, 1.54) is 24.1 Å². The van der Waals surface area contributed by atoms with Crippen LogP contribution in [-0.2, 0) is 4.79 Å². The lowest BCUT2D eigenvalue weighted by molar-refractivity contribution is -0.297. The average molecular weight is 310 g/mol. The first-order valence-corrected chi connectivity index (χ1v) is 8.14. The molecule has 0 bridgehead atoms. The molecule has 2 atom stereocenters. The van der Waals surface area contributed by atoms with Gasteiger partial charge in [0.25, 0.3) is 0 Å². The zero-order chi connectivity index (χ0) is 17.0. The van der Waals surface area contributed by atoms with Crippen molar-refractivity contribution in [1.29, 1.82) is 0 Å². The first-order chi connectivity index (χ1) is 10.9. The van der Waals surface area contributed by atoms with Gasteiger partial charge in [0.1, 0.15) is 0 Å². The number of carbonyl (C=O) groups is 1. The first-order valence-electron chi connectivity index (χ1n) is 8.14. The maximum atomic E-state index is 10.5. The monoisotopic (exact) mass is 310 g/mol. The van der Waals surface area contributed by atoms with Crippen molar-refractivity contribution in [3.8, 4) is 0 Å². The lowest BCUT2D eigenvalue weighted by Gasteiger charge is -2.26. The normalized spacial score (nSPS) is 22.3. The van der Waals surface area contributed by atoms with Crippen LogP contribution in [0.25, 0.3) is 5.57 Å². The molecule has 0 fully saturated rings. The summed E-state index contributed by atoms with van der Waals surface area (Å²) in [5.74, 6) is -0.0746. The molecule has 0 aromatic carbocycles. The smallest absolute Gasteiger partial charge is 0.0662 e. The van der Waals surface area contributed by atoms with Crippen molar-refractivity contribution >= 4 is 11.5 Å². The van der Waals surface area contributed by atoms with Crippen molar-refractivity contribution in [1.82, 2.24) is 4.98 Å². The van der Waals surface area contributed by atoms with Crippen LogP contribution in [0.4, 0.5) is 0 Å². The van der Waals surface area contributed by atoms with Gasteiger partial charge in [-0.2, -0.15) is 0 Å². The summed E-state index contributed by atoms with van der Waals surface area (Å²) in [5.41, 5.74) is 5.30. The lowest BCUT2D eigenvalue weighted by Crippen LogP contribution is -2.19. The molecule has 1 aliphatic carbocycles. The Kier molecular flexibility index (Phi) is 5.54. The van der Waals surface area contributed by atoms with Gasteiger partial charge in [-0.3, -0.25) is 4.98 Å². The largest absolute Gasteiger partial charge is 0.545 e. The highest BCUT2D eigenvalue weighted by molar-refractivity contribution is 5.79. The maximum Gasteiger partial charge on any atom is 0.0662 e. The minimum Gasteiger partial charge on any atom is -0.545 e. The summed E-state index contributed by atoms with van der Waals surface area (Å²) >= 11 is 0. The van der Waals surface area contributed by atoms with Crippen LogP contribution in [0.5, 0.6) is 0 Å². The number of carboxylic acids is 1. The Morgan fingerprint density at radius 3 is 2.61 bits per heavy atom. The molecule has 0 N–H and O–H groups in total. The van der Waals surface area contributed by atoms with Crippen LogP contribution < -0.4 is 5.11 Å². The number of carbonyl (C=O) groups excluding carboxylic acids is 1. The zero-order valence-corrected chi connectivity index (χ0v) is 14.3. The van der Waals surface area contributed by atoms with E-state index in [1.54, 1.807) is 13.0 Å². The second-order valence-electron chi connectivity index (χ2n) is 6.47. The summed E-state index contributed by atoms with van der Waals surface area (Å²) in [4.78, 5) is 15.3. The van der Waals surface area contributed by atoms with E-state index in [4.69, 9.17) is 4.98 Å². The molecular formula is C20H24NO2-. The third-order valence-electron chi connectivity index (χ3n) is 4.44. The Morgan fingerprint density at radius 1 is 1.22 bits per heavy atom. The Morgan fingerprint density at radius 2 is 1.91 bits per heavy atom. The molecule has 1 aromatic heterocycles. The molecule has 3 nitrogen and oxygen atoms in total. The van der Waals surface area contributed by atoms with Crippen molar-refractivity contribution in [3.63, 3.8) is 0 Å². The van der Waals surface area contributed by atoms with Crippen LogP contribution >= 0.6 is 0 Å². The molecule has 2 unspecified atom stereocenters. The molecule has 0 spiro atoms. The predicted molar refractivity (Wildman–Crippen MR) is 91.9 cm³/mol. The van der Waals surface area contributed by atoms with Crippen LogP contribution in [0.3, 0.4) is 0 Å². The molecule has 122 valence electrons. The second-order valence-corrected chi connectivity index (χ2v) is 6.47. The fourth-order valence-corrected chi connectivity index (χ4v) is 2.97. The van der Waals surface area contributed by atoms with Crippen molar-refractivity contribution in [3.05, 3.63) is 59.0 Å². The van der Waals surface area contributed by atoms with Gasteiger partial charge in [-0.1, -0.05) is 38.1 Å². The van der Waals surface area contributed by atoms with Crippen LogP contribution in [0.15, 0.2) is 42.0 Å². The number of aromatic nitrogens is 1. The number of rotatable bonds is 4. The van der Waals surface area contributed by atoms with Gasteiger partial charge in [0.15, 0.2) is 0 Å². The molecule has 0 radical (unpaired) electrons. The van der Waals surface area contributed by atoms with Gasteiger partial charge in [0.05, 0.1) is 11.7 Å². The van der Waals surface area contributed by atoms with E-state index in [0.29, 0.717) is 17.4 Å². The number of hydrogen-bond donors (Lipinski definition) is 0. The van der Waals surface area contributed by atoms with Gasteiger partial charge in [-0.15, -0.1) is 0 Å². The molecule has 1 aliphatic rings. The number of allylic oxidation sites excluding steroid dienone is 5. The summed E-state index contributed by atoms with van der Waals surface area (Å²) in [6.45, 7) is 8.27. The number of pyridine rings is 1. The summed E-state index contributed by atoms with van der Waals surface area (Å²) in [6, 6.07) is 4.29. The maximum absolute atomic E-state index is 10.5. The van der Waals surface area contributed by atoms with Crippen LogP contribution in [0.2, 0.25) is 0 Å². The predicted octanol–water partition coefficient (Wildman–Crippen LogP) is 3.74. The molecule has 23 heavy (non-hydrogen) atoms. The number of nitrogens with zero attached hydrogens (tertiary/aromatic N) is 1. The zero-order valence-electron chi connectivity index (χ0n) is 14.3. The Bertz CT molecular complexity index is 683. The van der Waals surface area contributed by atoms with Gasteiger partial charge in [0.2, 0.25) is 0 Å². The SMILES string of the molecule is CC(/C=C/C=C(\C)c1ccc2c(n1)C(C)CCC2C)=C\C(=O)[O-]. The number of carboxylic acid groups (broad SMARTS) is 1. The summed E-state index contributed by atoms with van der Waals surface area (Å²) < 4.78 is 0. The van der Waals surface area contributed by atoms with E-state index in [0.717, 1.165) is 17.3 Å². The average Bonchev–Trinajstić information content (AvgIpc) is 2.50. The molecular weight excluding hydrogens is 286 g/mol. The van der Waals surface area contributed by atoms with Gasteiger partial charge < -0.3 is 9.90 Å². The van der Waals surface area contributed by atoms with E-state index >= 15 is 0 Å². The highest BCUT2D eigenvalue weighted by Crippen LogP contribution is 2.37. The van der Waals surface area contributed by atoms with Crippen molar-refractivity contribution in [2.24, 2.45) is 0 Å². The Hall–Kier alpha value is -2.16. The van der Waals surface area contributed by atoms with Crippen LogP contribution in [-0.4, -0.2) is 11.0 Å². The quantitative estimate of drug-likeness (QED) is 0.629. The van der Waals surface area contributed by atoms with E-state index in [1.807, 2.05) is 19.1 Å². The number of aliphatic carboxylic acids is 1. The molecule has 1 heterocycles. The summed E-state index contributed by atoms with van der Waals surface area (Å²) in [7, 11) is 0. The molecule has 0 saturated carbocycles. The van der Waals surface area contributed by atoms with Crippen molar-refractivity contribution in [2.75, 3.05) is 0 Å². The molecule has 0 saturated heterocycles. The number of fused-ring (bicyclic) bond motifs is 1. The third-order valence-corrected chi connectivity index (χ3v) is 4.44. The highest BCUT2D eigenvalue weighted by Gasteiger charge is 2.23. The third kappa shape index (κ3) is 4.41. The fraction of sp³-hybridized carbons (Fsp3) is 0.400. The minimum absolute atomic E-state index is 0.512. The summed E-state index contributed by atoms with van der Waals surface area (Å²) in [5, 5.41) is 10.5. The highest BCUT2D eigenvalue weighted by atomic mass is 16.4. The molecule has 3 heteroatoms. The number of hydrogen-bond acceptors (Lipinski definition) is 3. The summed E-state index contributed by atoms with van der Waals surface area (Å²) in [6.07, 6.45) is 9.06. The van der Waals surface area contributed by atoms with Crippen LogP contribution in [0, 0.1) is 0 Å². The van der Waals surface area contributed by atoms with Crippen LogP contribution in [0.1, 0.15) is 69.3 Å². The van der Waals surface area contributed by atoms with E-state index in [-0.39, 0.29) is 0 Å². The van der Waals surface area contributed by atoms with Gasteiger partial charge >= 0.3 is 0 Å². The van der Waals surface area contributed by atoms with E-state index in [2.05, 4.69) is 26.0 Å². The molecule has 1 aromatic rings. The molecule has 0 aliphatic heterocycles. The topological polar surface area (TPSA) is 53.0 Å². The molecule has 0 amide bonds. The Labute approximate surface area is 138 Å². The van der Waals surface area contributed by atoms with Gasteiger partial charge in [-0.05, 0) is 67.4 Å².